The molecule has 1 saturated heterocycles. The van der Waals surface area contributed by atoms with Gasteiger partial charge >= 0.3 is 0 Å². The van der Waals surface area contributed by atoms with E-state index in [1.165, 1.54) is 77.0 Å². The zero-order chi connectivity index (χ0) is 21.9. The van der Waals surface area contributed by atoms with Crippen LogP contribution in [-0.2, 0) is 9.47 Å². The predicted molar refractivity (Wildman–Crippen MR) is 123 cm³/mol. The second-order valence-corrected chi connectivity index (χ2v) is 8.76. The summed E-state index contributed by atoms with van der Waals surface area (Å²) in [4.78, 5) is 0. The maximum atomic E-state index is 9.96. The largest absolute Gasteiger partial charge is 0.388 e. The van der Waals surface area contributed by atoms with E-state index in [0.29, 0.717) is 6.61 Å². The monoisotopic (exact) mass is 428 g/mol. The number of hydrogen-bond acceptors (Lipinski definition) is 5. The Kier molecular flexibility index (Phi) is 17.7. The van der Waals surface area contributed by atoms with E-state index in [9.17, 15) is 15.3 Å². The number of hydrogen-bond donors (Lipinski definition) is 3. The minimum absolute atomic E-state index is 0.0695. The molecule has 1 aliphatic rings. The smallest absolute Gasteiger partial charge is 0.114 e. The summed E-state index contributed by atoms with van der Waals surface area (Å²) in [6.45, 7) is 3.03. The number of allylic oxidation sites excluding steroid dienone is 2. The van der Waals surface area contributed by atoms with Gasteiger partial charge in [0.1, 0.15) is 24.4 Å². The van der Waals surface area contributed by atoms with Gasteiger partial charge in [0, 0.05) is 6.61 Å². The third-order valence-electron chi connectivity index (χ3n) is 5.92. The molecule has 30 heavy (non-hydrogen) atoms. The Morgan fingerprint density at radius 3 is 1.87 bits per heavy atom. The predicted octanol–water partition coefficient (Wildman–Crippen LogP) is 4.91. The van der Waals surface area contributed by atoms with Crippen molar-refractivity contribution in [3.8, 4) is 0 Å². The molecule has 0 aromatic carbocycles. The highest BCUT2D eigenvalue weighted by Crippen LogP contribution is 2.18. The number of rotatable bonds is 20. The Labute approximate surface area is 184 Å². The van der Waals surface area contributed by atoms with Crippen molar-refractivity contribution in [2.24, 2.45) is 0 Å². The molecular formula is C25H48O5. The first-order valence-corrected chi connectivity index (χ1v) is 12.5. The van der Waals surface area contributed by atoms with Gasteiger partial charge in [0.15, 0.2) is 0 Å². The van der Waals surface area contributed by atoms with E-state index < -0.39 is 24.4 Å². The van der Waals surface area contributed by atoms with Gasteiger partial charge in [-0.3, -0.25) is 0 Å². The van der Waals surface area contributed by atoms with Crippen LogP contribution in [0, 0.1) is 0 Å². The van der Waals surface area contributed by atoms with Crippen molar-refractivity contribution in [1.29, 1.82) is 0 Å². The minimum Gasteiger partial charge on any atom is -0.388 e. The first-order valence-electron chi connectivity index (χ1n) is 12.5. The molecule has 4 atom stereocenters. The molecule has 3 N–H and O–H groups in total. The van der Waals surface area contributed by atoms with E-state index in [1.54, 1.807) is 0 Å². The van der Waals surface area contributed by atoms with E-state index in [2.05, 4.69) is 19.1 Å². The van der Waals surface area contributed by atoms with Crippen molar-refractivity contribution in [3.05, 3.63) is 12.2 Å². The Morgan fingerprint density at radius 1 is 0.833 bits per heavy atom. The molecule has 1 fully saturated rings. The van der Waals surface area contributed by atoms with Crippen LogP contribution in [0.5, 0.6) is 0 Å². The first-order chi connectivity index (χ1) is 14.7. The standard InChI is InChI=1S/C25H48O5/c1-2-3-4-5-6-7-8-9-10-11-12-13-14-15-16-17-18-19-29-20-23(27)25-24(28)22(26)21-30-25/h3-4,22-28H,2,5-21H2,1H3/b4-3+/t22-,23+,24+,25+/m0/s1. The fourth-order valence-electron chi connectivity index (χ4n) is 3.96. The lowest BCUT2D eigenvalue weighted by Crippen LogP contribution is -2.40. The van der Waals surface area contributed by atoms with Crippen LogP contribution in [-0.4, -0.2) is 59.6 Å². The molecule has 0 aromatic rings. The fraction of sp³-hybridized carbons (Fsp3) is 0.920. The second-order valence-electron chi connectivity index (χ2n) is 8.76. The average Bonchev–Trinajstić information content (AvgIpc) is 3.08. The number of aliphatic hydroxyl groups excluding tert-OH is 3. The third-order valence-corrected chi connectivity index (χ3v) is 5.92. The van der Waals surface area contributed by atoms with Gasteiger partial charge in [-0.15, -0.1) is 0 Å². The zero-order valence-electron chi connectivity index (χ0n) is 19.4. The molecule has 0 radical (unpaired) electrons. The van der Waals surface area contributed by atoms with E-state index in [-0.39, 0.29) is 13.2 Å². The highest BCUT2D eigenvalue weighted by atomic mass is 16.5. The zero-order valence-corrected chi connectivity index (χ0v) is 19.4. The van der Waals surface area contributed by atoms with E-state index >= 15 is 0 Å². The van der Waals surface area contributed by atoms with Gasteiger partial charge in [-0.25, -0.2) is 0 Å². The minimum atomic E-state index is -1.03. The molecule has 0 spiro atoms. The summed E-state index contributed by atoms with van der Waals surface area (Å²) in [5.74, 6) is 0. The summed E-state index contributed by atoms with van der Waals surface area (Å²) >= 11 is 0. The van der Waals surface area contributed by atoms with E-state index in [1.807, 2.05) is 0 Å². The Balaban J connectivity index is 1.74. The van der Waals surface area contributed by atoms with E-state index in [4.69, 9.17) is 9.47 Å². The number of unbranched alkanes of at least 4 members (excludes halogenated alkanes) is 13. The third kappa shape index (κ3) is 13.8. The van der Waals surface area contributed by atoms with Crippen LogP contribution < -0.4 is 0 Å². The second kappa shape index (κ2) is 19.2. The molecule has 0 amide bonds. The normalized spacial score (nSPS) is 22.9. The number of aliphatic hydroxyl groups is 3. The van der Waals surface area contributed by atoms with Crippen molar-refractivity contribution < 1.29 is 24.8 Å². The average molecular weight is 429 g/mol. The van der Waals surface area contributed by atoms with Crippen molar-refractivity contribution in [2.45, 2.75) is 128 Å². The summed E-state index contributed by atoms with van der Waals surface area (Å²) < 4.78 is 10.7. The Hall–Kier alpha value is -0.460. The molecular weight excluding hydrogens is 380 g/mol. The number of ether oxygens (including phenoxy) is 2. The highest BCUT2D eigenvalue weighted by Gasteiger charge is 2.39. The van der Waals surface area contributed by atoms with Crippen LogP contribution in [0.15, 0.2) is 12.2 Å². The van der Waals surface area contributed by atoms with Gasteiger partial charge in [0.2, 0.25) is 0 Å². The van der Waals surface area contributed by atoms with Gasteiger partial charge < -0.3 is 24.8 Å². The SMILES string of the molecule is CC/C=C/CCCCCCCCCCCCCCCOC[C@@H](O)[C@H]1OC[C@H](O)[C@H]1O. The topological polar surface area (TPSA) is 79.2 Å². The summed E-state index contributed by atoms with van der Waals surface area (Å²) in [7, 11) is 0. The van der Waals surface area contributed by atoms with Crippen LogP contribution in [0.2, 0.25) is 0 Å². The van der Waals surface area contributed by atoms with Crippen molar-refractivity contribution >= 4 is 0 Å². The van der Waals surface area contributed by atoms with Gasteiger partial charge in [0.25, 0.3) is 0 Å². The molecule has 1 aliphatic heterocycles. The van der Waals surface area contributed by atoms with Crippen molar-refractivity contribution in [2.75, 3.05) is 19.8 Å². The lowest BCUT2D eigenvalue weighted by molar-refractivity contribution is -0.0813. The summed E-state index contributed by atoms with van der Waals surface area (Å²) in [5.41, 5.74) is 0. The molecule has 178 valence electrons. The van der Waals surface area contributed by atoms with Gasteiger partial charge in [-0.1, -0.05) is 89.7 Å². The van der Waals surface area contributed by atoms with Gasteiger partial charge in [-0.05, 0) is 25.7 Å². The molecule has 1 rings (SSSR count). The summed E-state index contributed by atoms with van der Waals surface area (Å²) in [5, 5.41) is 29.1. The highest BCUT2D eigenvalue weighted by molar-refractivity contribution is 4.87. The quantitative estimate of drug-likeness (QED) is 0.190. The van der Waals surface area contributed by atoms with Gasteiger partial charge in [-0.2, -0.15) is 0 Å². The maximum absolute atomic E-state index is 9.96. The summed E-state index contributed by atoms with van der Waals surface area (Å²) in [6.07, 6.45) is 20.5. The lowest BCUT2D eigenvalue weighted by Gasteiger charge is -2.20. The molecule has 1 heterocycles. The molecule has 5 heteroatoms. The lowest BCUT2D eigenvalue weighted by atomic mass is 10.0. The fourth-order valence-corrected chi connectivity index (χ4v) is 3.96. The Bertz CT molecular complexity index is 401. The Morgan fingerprint density at radius 2 is 1.37 bits per heavy atom. The molecule has 5 nitrogen and oxygen atoms in total. The molecule has 0 unspecified atom stereocenters. The van der Waals surface area contributed by atoms with Crippen molar-refractivity contribution in [3.63, 3.8) is 0 Å². The van der Waals surface area contributed by atoms with Crippen LogP contribution in [0.25, 0.3) is 0 Å². The van der Waals surface area contributed by atoms with Crippen LogP contribution >= 0.6 is 0 Å². The van der Waals surface area contributed by atoms with E-state index in [0.717, 1.165) is 19.3 Å². The molecule has 0 saturated carbocycles. The summed E-state index contributed by atoms with van der Waals surface area (Å²) in [6, 6.07) is 0. The van der Waals surface area contributed by atoms with Crippen LogP contribution in [0.1, 0.15) is 103 Å². The van der Waals surface area contributed by atoms with Crippen LogP contribution in [0.4, 0.5) is 0 Å². The van der Waals surface area contributed by atoms with Crippen molar-refractivity contribution in [1.82, 2.24) is 0 Å². The maximum Gasteiger partial charge on any atom is 0.114 e. The van der Waals surface area contributed by atoms with Gasteiger partial charge in [0.05, 0.1) is 13.2 Å². The molecule has 0 aromatic heterocycles. The first kappa shape index (κ1) is 27.6. The van der Waals surface area contributed by atoms with Crippen LogP contribution in [0.3, 0.4) is 0 Å². The molecule has 0 bridgehead atoms. The molecule has 0 aliphatic carbocycles.